The second kappa shape index (κ2) is 9.10. The molecule has 146 valence electrons. The molecule has 0 bridgehead atoms. The summed E-state index contributed by atoms with van der Waals surface area (Å²) in [6, 6.07) is 12.7. The van der Waals surface area contributed by atoms with Gasteiger partial charge in [-0.05, 0) is 44.2 Å². The summed E-state index contributed by atoms with van der Waals surface area (Å²) in [7, 11) is -3.67. The molecule has 0 fully saturated rings. The van der Waals surface area contributed by atoms with Crippen LogP contribution in [-0.4, -0.2) is 33.2 Å². The second-order valence-corrected chi connectivity index (χ2v) is 8.27. The normalized spacial score (nSPS) is 12.3. The maximum Gasteiger partial charge on any atom is 0.243 e. The number of ether oxygens (including phenoxy) is 1. The Kier molecular flexibility index (Phi) is 7.10. The maximum atomic E-state index is 12.6. The highest BCUT2D eigenvalue weighted by molar-refractivity contribution is 7.92. The van der Waals surface area contributed by atoms with E-state index in [-0.39, 0.29) is 6.54 Å². The van der Waals surface area contributed by atoms with Gasteiger partial charge in [0.1, 0.15) is 11.8 Å². The molecule has 0 saturated carbocycles. The quantitative estimate of drug-likeness (QED) is 0.725. The van der Waals surface area contributed by atoms with E-state index in [1.807, 2.05) is 31.2 Å². The number of amides is 1. The van der Waals surface area contributed by atoms with Crippen LogP contribution in [0.4, 0.5) is 5.69 Å². The predicted molar refractivity (Wildman–Crippen MR) is 108 cm³/mol. The molecule has 0 aliphatic carbocycles. The summed E-state index contributed by atoms with van der Waals surface area (Å²) in [4.78, 5) is 12.6. The van der Waals surface area contributed by atoms with Gasteiger partial charge in [-0.3, -0.25) is 9.10 Å². The summed E-state index contributed by atoms with van der Waals surface area (Å²) in [5.41, 5.74) is 1.19. The predicted octanol–water partition coefficient (Wildman–Crippen LogP) is 3.21. The molecule has 2 rings (SSSR count). The zero-order chi connectivity index (χ0) is 20.0. The van der Waals surface area contributed by atoms with Gasteiger partial charge in [0, 0.05) is 17.1 Å². The van der Waals surface area contributed by atoms with Crippen molar-refractivity contribution in [3.05, 3.63) is 59.1 Å². The van der Waals surface area contributed by atoms with Crippen molar-refractivity contribution in [3.8, 4) is 5.75 Å². The topological polar surface area (TPSA) is 75.7 Å². The lowest BCUT2D eigenvalue weighted by Gasteiger charge is -2.28. The van der Waals surface area contributed by atoms with Crippen molar-refractivity contribution >= 4 is 33.2 Å². The van der Waals surface area contributed by atoms with Crippen LogP contribution in [0, 0.1) is 0 Å². The lowest BCUT2D eigenvalue weighted by atomic mass is 10.2. The maximum absolute atomic E-state index is 12.6. The fourth-order valence-electron chi connectivity index (χ4n) is 2.67. The number of anilines is 1. The number of halogens is 1. The van der Waals surface area contributed by atoms with Crippen LogP contribution in [0.5, 0.6) is 5.75 Å². The van der Waals surface area contributed by atoms with Gasteiger partial charge >= 0.3 is 0 Å². The van der Waals surface area contributed by atoms with E-state index in [4.69, 9.17) is 16.3 Å². The first-order chi connectivity index (χ1) is 12.7. The van der Waals surface area contributed by atoms with Gasteiger partial charge < -0.3 is 10.1 Å². The zero-order valence-electron chi connectivity index (χ0n) is 15.5. The number of rotatable bonds is 8. The lowest BCUT2D eigenvalue weighted by Crippen LogP contribution is -2.47. The minimum absolute atomic E-state index is 0.234. The van der Waals surface area contributed by atoms with Crippen molar-refractivity contribution in [2.24, 2.45) is 0 Å². The third kappa shape index (κ3) is 5.61. The summed E-state index contributed by atoms with van der Waals surface area (Å²) in [5, 5.41) is 3.26. The molecule has 2 aromatic rings. The van der Waals surface area contributed by atoms with Gasteiger partial charge in [-0.1, -0.05) is 29.8 Å². The van der Waals surface area contributed by atoms with Gasteiger partial charge in [-0.2, -0.15) is 0 Å². The number of para-hydroxylation sites is 1. The van der Waals surface area contributed by atoms with Crippen molar-refractivity contribution in [2.45, 2.75) is 26.4 Å². The molecule has 0 heterocycles. The molecule has 1 N–H and O–H groups in total. The van der Waals surface area contributed by atoms with E-state index in [2.05, 4.69) is 5.32 Å². The Morgan fingerprint density at radius 3 is 2.41 bits per heavy atom. The number of nitrogens with one attached hydrogen (secondary N) is 1. The molecular formula is C19H23ClN2O4S. The SMILES string of the molecule is CCOc1ccccc1CNC(=O)C(C)N(c1ccc(Cl)cc1)S(C)(=O)=O. The minimum atomic E-state index is -3.67. The van der Waals surface area contributed by atoms with Crippen LogP contribution in [-0.2, 0) is 21.4 Å². The van der Waals surface area contributed by atoms with Gasteiger partial charge in [0.05, 0.1) is 18.6 Å². The Labute approximate surface area is 165 Å². The van der Waals surface area contributed by atoms with Gasteiger partial charge in [0.25, 0.3) is 0 Å². The fourth-order valence-corrected chi connectivity index (χ4v) is 3.97. The number of carbonyl (C=O) groups is 1. The van der Waals surface area contributed by atoms with Gasteiger partial charge in [0.2, 0.25) is 15.9 Å². The average molecular weight is 411 g/mol. The minimum Gasteiger partial charge on any atom is -0.494 e. The first-order valence-corrected chi connectivity index (χ1v) is 10.7. The first-order valence-electron chi connectivity index (χ1n) is 8.47. The highest BCUT2D eigenvalue weighted by Crippen LogP contribution is 2.23. The van der Waals surface area contributed by atoms with E-state index in [1.165, 1.54) is 0 Å². The Hall–Kier alpha value is -2.25. The summed E-state index contributed by atoms with van der Waals surface area (Å²) < 4.78 is 31.2. The van der Waals surface area contributed by atoms with Crippen LogP contribution in [0.25, 0.3) is 0 Å². The van der Waals surface area contributed by atoms with Gasteiger partial charge in [0.15, 0.2) is 0 Å². The van der Waals surface area contributed by atoms with Crippen molar-refractivity contribution in [1.29, 1.82) is 0 Å². The molecular weight excluding hydrogens is 388 g/mol. The number of hydrogen-bond donors (Lipinski definition) is 1. The monoisotopic (exact) mass is 410 g/mol. The standard InChI is InChI=1S/C19H23ClN2O4S/c1-4-26-18-8-6-5-7-15(18)13-21-19(23)14(2)22(27(3,24)25)17-11-9-16(20)10-12-17/h5-12,14H,4,13H2,1-3H3,(H,21,23). The number of sulfonamides is 1. The third-order valence-electron chi connectivity index (χ3n) is 3.90. The van der Waals surface area contributed by atoms with E-state index in [1.54, 1.807) is 31.2 Å². The van der Waals surface area contributed by atoms with E-state index >= 15 is 0 Å². The molecule has 0 aliphatic heterocycles. The summed E-state index contributed by atoms with van der Waals surface area (Å²) >= 11 is 5.87. The molecule has 0 radical (unpaired) electrons. The molecule has 0 saturated heterocycles. The molecule has 0 spiro atoms. The number of nitrogens with zero attached hydrogens (tertiary/aromatic N) is 1. The van der Waals surface area contributed by atoms with E-state index < -0.39 is 22.0 Å². The third-order valence-corrected chi connectivity index (χ3v) is 5.39. The summed E-state index contributed by atoms with van der Waals surface area (Å²) in [6.07, 6.45) is 1.07. The molecule has 27 heavy (non-hydrogen) atoms. The van der Waals surface area contributed by atoms with E-state index in [0.717, 1.165) is 16.1 Å². The Morgan fingerprint density at radius 1 is 1.19 bits per heavy atom. The number of hydrogen-bond acceptors (Lipinski definition) is 4. The molecule has 0 aromatic heterocycles. The highest BCUT2D eigenvalue weighted by atomic mass is 35.5. The van der Waals surface area contributed by atoms with E-state index in [9.17, 15) is 13.2 Å². The molecule has 8 heteroatoms. The summed E-state index contributed by atoms with van der Waals surface area (Å²) in [6.45, 7) is 4.17. The van der Waals surface area contributed by atoms with Crippen molar-refractivity contribution in [1.82, 2.24) is 5.32 Å². The number of benzene rings is 2. The van der Waals surface area contributed by atoms with Crippen LogP contribution in [0.3, 0.4) is 0 Å². The van der Waals surface area contributed by atoms with Crippen molar-refractivity contribution in [2.75, 3.05) is 17.2 Å². The molecule has 1 atom stereocenters. The Morgan fingerprint density at radius 2 is 1.81 bits per heavy atom. The molecule has 1 unspecified atom stereocenters. The number of carbonyl (C=O) groups excluding carboxylic acids is 1. The average Bonchev–Trinajstić information content (AvgIpc) is 2.61. The van der Waals surface area contributed by atoms with Crippen LogP contribution in [0.1, 0.15) is 19.4 Å². The van der Waals surface area contributed by atoms with Crippen molar-refractivity contribution < 1.29 is 17.9 Å². The van der Waals surface area contributed by atoms with Crippen LogP contribution in [0.15, 0.2) is 48.5 Å². The molecule has 6 nitrogen and oxygen atoms in total. The van der Waals surface area contributed by atoms with E-state index in [0.29, 0.717) is 23.1 Å². The molecule has 1 amide bonds. The smallest absolute Gasteiger partial charge is 0.243 e. The summed E-state index contributed by atoms with van der Waals surface area (Å²) in [5.74, 6) is 0.271. The second-order valence-electron chi connectivity index (χ2n) is 5.97. The van der Waals surface area contributed by atoms with Crippen molar-refractivity contribution in [3.63, 3.8) is 0 Å². The van der Waals surface area contributed by atoms with Crippen LogP contribution >= 0.6 is 11.6 Å². The molecule has 2 aromatic carbocycles. The van der Waals surface area contributed by atoms with Gasteiger partial charge in [-0.15, -0.1) is 0 Å². The van der Waals surface area contributed by atoms with Gasteiger partial charge in [-0.25, -0.2) is 8.42 Å². The van der Waals surface area contributed by atoms with Crippen LogP contribution < -0.4 is 14.4 Å². The Balaban J connectivity index is 2.17. The lowest BCUT2D eigenvalue weighted by molar-refractivity contribution is -0.122. The zero-order valence-corrected chi connectivity index (χ0v) is 17.0. The molecule has 0 aliphatic rings. The fraction of sp³-hybridized carbons (Fsp3) is 0.316. The first kappa shape index (κ1) is 21.1. The Bertz CT molecular complexity index is 885. The highest BCUT2D eigenvalue weighted by Gasteiger charge is 2.29. The van der Waals surface area contributed by atoms with Crippen LogP contribution in [0.2, 0.25) is 5.02 Å². The largest absolute Gasteiger partial charge is 0.494 e.